The molecule has 2 saturated heterocycles. The second kappa shape index (κ2) is 8.41. The molecule has 1 aromatic rings. The maximum absolute atomic E-state index is 4.53. The maximum atomic E-state index is 4.53. The Labute approximate surface area is 173 Å². The minimum Gasteiger partial charge on any atom is -0.349 e. The van der Waals surface area contributed by atoms with Gasteiger partial charge in [-0.25, -0.2) is 0 Å². The van der Waals surface area contributed by atoms with E-state index in [1.54, 1.807) is 0 Å². The van der Waals surface area contributed by atoms with Crippen LogP contribution in [-0.4, -0.2) is 69.3 Å². The van der Waals surface area contributed by atoms with Gasteiger partial charge < -0.3 is 14.8 Å². The quantitative estimate of drug-likeness (QED) is 0.412. The van der Waals surface area contributed by atoms with Crippen LogP contribution in [0.2, 0.25) is 0 Å². The first-order valence-corrected chi connectivity index (χ1v) is 9.73. The number of hydrogen-bond donors (Lipinski definition) is 1. The van der Waals surface area contributed by atoms with Gasteiger partial charge in [-0.05, 0) is 51.5 Å². The molecule has 8 heteroatoms. The van der Waals surface area contributed by atoms with Crippen molar-refractivity contribution in [2.24, 2.45) is 18.0 Å². The van der Waals surface area contributed by atoms with Crippen molar-refractivity contribution in [2.75, 3.05) is 26.7 Å². The van der Waals surface area contributed by atoms with Crippen LogP contribution in [0.15, 0.2) is 4.99 Å². The van der Waals surface area contributed by atoms with Gasteiger partial charge >= 0.3 is 0 Å². The number of aryl methyl sites for hydroxylation is 1. The SMILES string of the molecule is CN=C(NCc1nnc(C)n1C)N1CCC2C(CCCN2C2CC2)C1.I. The lowest BCUT2D eigenvalue weighted by Crippen LogP contribution is -2.57. The lowest BCUT2D eigenvalue weighted by molar-refractivity contribution is 0.0369. The molecule has 0 amide bonds. The third-order valence-electron chi connectivity index (χ3n) is 6.23. The van der Waals surface area contributed by atoms with Crippen LogP contribution in [0.4, 0.5) is 0 Å². The molecule has 4 rings (SSSR count). The molecule has 26 heavy (non-hydrogen) atoms. The fourth-order valence-corrected chi connectivity index (χ4v) is 4.59. The van der Waals surface area contributed by atoms with Gasteiger partial charge in [-0.1, -0.05) is 0 Å². The van der Waals surface area contributed by atoms with Crippen molar-refractivity contribution in [3.05, 3.63) is 11.6 Å². The number of nitrogens with one attached hydrogen (secondary N) is 1. The number of fused-ring (bicyclic) bond motifs is 1. The molecular weight excluding hydrogens is 441 g/mol. The van der Waals surface area contributed by atoms with E-state index in [9.17, 15) is 0 Å². The van der Waals surface area contributed by atoms with Crippen molar-refractivity contribution < 1.29 is 0 Å². The molecule has 3 heterocycles. The molecule has 0 radical (unpaired) electrons. The molecule has 1 saturated carbocycles. The first-order valence-electron chi connectivity index (χ1n) is 9.73. The van der Waals surface area contributed by atoms with Crippen molar-refractivity contribution in [1.82, 2.24) is 29.9 Å². The number of halogens is 1. The van der Waals surface area contributed by atoms with Gasteiger partial charge in [-0.3, -0.25) is 9.89 Å². The van der Waals surface area contributed by atoms with Crippen LogP contribution in [0.3, 0.4) is 0 Å². The zero-order valence-electron chi connectivity index (χ0n) is 16.2. The van der Waals surface area contributed by atoms with Crippen molar-refractivity contribution in [3.63, 3.8) is 0 Å². The predicted octanol–water partition coefficient (Wildman–Crippen LogP) is 1.77. The molecule has 146 valence electrons. The fourth-order valence-electron chi connectivity index (χ4n) is 4.59. The molecule has 3 fully saturated rings. The zero-order chi connectivity index (χ0) is 17.4. The Hall–Kier alpha value is -0.900. The Balaban J connectivity index is 0.00000196. The van der Waals surface area contributed by atoms with E-state index >= 15 is 0 Å². The highest BCUT2D eigenvalue weighted by Gasteiger charge is 2.42. The van der Waals surface area contributed by atoms with Crippen molar-refractivity contribution in [1.29, 1.82) is 0 Å². The normalized spacial score (nSPS) is 27.0. The zero-order valence-corrected chi connectivity index (χ0v) is 18.5. The van der Waals surface area contributed by atoms with Gasteiger partial charge in [0.2, 0.25) is 0 Å². The number of hydrogen-bond acceptors (Lipinski definition) is 4. The second-order valence-electron chi connectivity index (χ2n) is 7.80. The molecular formula is C18H32IN7. The third-order valence-corrected chi connectivity index (χ3v) is 6.23. The van der Waals surface area contributed by atoms with Crippen LogP contribution >= 0.6 is 24.0 Å². The van der Waals surface area contributed by atoms with E-state index in [-0.39, 0.29) is 24.0 Å². The molecule has 2 aliphatic heterocycles. The minimum atomic E-state index is 0. The Kier molecular flexibility index (Phi) is 6.42. The third kappa shape index (κ3) is 4.00. The van der Waals surface area contributed by atoms with E-state index in [2.05, 4.69) is 30.3 Å². The lowest BCUT2D eigenvalue weighted by atomic mass is 9.83. The Morgan fingerprint density at radius 1 is 1.19 bits per heavy atom. The Morgan fingerprint density at radius 2 is 2.00 bits per heavy atom. The first-order chi connectivity index (χ1) is 12.2. The van der Waals surface area contributed by atoms with E-state index < -0.39 is 0 Å². The summed E-state index contributed by atoms with van der Waals surface area (Å²) >= 11 is 0. The summed E-state index contributed by atoms with van der Waals surface area (Å²) in [6.07, 6.45) is 6.84. The molecule has 0 aromatic carbocycles. The molecule has 3 aliphatic rings. The van der Waals surface area contributed by atoms with Gasteiger partial charge in [0, 0.05) is 39.3 Å². The molecule has 1 aliphatic carbocycles. The predicted molar refractivity (Wildman–Crippen MR) is 114 cm³/mol. The second-order valence-corrected chi connectivity index (χ2v) is 7.80. The molecule has 1 aromatic heterocycles. The van der Waals surface area contributed by atoms with Gasteiger partial charge in [0.1, 0.15) is 5.82 Å². The van der Waals surface area contributed by atoms with Gasteiger partial charge in [0.15, 0.2) is 11.8 Å². The summed E-state index contributed by atoms with van der Waals surface area (Å²) in [5.74, 6) is 3.68. The van der Waals surface area contributed by atoms with Crippen molar-refractivity contribution in [3.8, 4) is 0 Å². The molecule has 0 bridgehead atoms. The van der Waals surface area contributed by atoms with E-state index in [0.29, 0.717) is 6.54 Å². The minimum absolute atomic E-state index is 0. The highest BCUT2D eigenvalue weighted by molar-refractivity contribution is 14.0. The van der Waals surface area contributed by atoms with Crippen LogP contribution in [0.5, 0.6) is 0 Å². The molecule has 2 unspecified atom stereocenters. The molecule has 7 nitrogen and oxygen atoms in total. The van der Waals surface area contributed by atoms with Crippen LogP contribution in [0.25, 0.3) is 0 Å². The van der Waals surface area contributed by atoms with Crippen LogP contribution in [0, 0.1) is 12.8 Å². The highest BCUT2D eigenvalue weighted by Crippen LogP contribution is 2.38. The smallest absolute Gasteiger partial charge is 0.194 e. The molecule has 1 N–H and O–H groups in total. The molecule has 0 spiro atoms. The van der Waals surface area contributed by atoms with Gasteiger partial charge in [-0.2, -0.15) is 0 Å². The number of likely N-dealkylation sites (tertiary alicyclic amines) is 2. The van der Waals surface area contributed by atoms with Crippen LogP contribution in [0.1, 0.15) is 43.8 Å². The van der Waals surface area contributed by atoms with Gasteiger partial charge in [0.25, 0.3) is 0 Å². The van der Waals surface area contributed by atoms with Crippen LogP contribution in [-0.2, 0) is 13.6 Å². The van der Waals surface area contributed by atoms with E-state index in [1.165, 1.54) is 38.6 Å². The summed E-state index contributed by atoms with van der Waals surface area (Å²) in [4.78, 5) is 9.80. The van der Waals surface area contributed by atoms with Crippen molar-refractivity contribution >= 4 is 29.9 Å². The lowest BCUT2D eigenvalue weighted by Gasteiger charge is -2.48. The number of guanidine groups is 1. The Morgan fingerprint density at radius 3 is 2.65 bits per heavy atom. The summed E-state index contributed by atoms with van der Waals surface area (Å²) in [7, 11) is 3.89. The standard InChI is InChI=1S/C18H31N7.HI/c1-13-21-22-17(23(13)3)11-20-18(19-2)24-10-8-16-14(12-24)5-4-9-25(16)15-6-7-15;/h14-16H,4-12H2,1-3H3,(H,19,20);1H. The van der Waals surface area contributed by atoms with Gasteiger partial charge in [-0.15, -0.1) is 34.2 Å². The summed E-state index contributed by atoms with van der Waals surface area (Å²) in [5, 5.41) is 11.9. The van der Waals surface area contributed by atoms with E-state index in [1.807, 2.05) is 25.6 Å². The number of piperidine rings is 2. The summed E-state index contributed by atoms with van der Waals surface area (Å²) < 4.78 is 2.03. The average Bonchev–Trinajstić information content (AvgIpc) is 3.43. The number of nitrogens with zero attached hydrogens (tertiary/aromatic N) is 6. The average molecular weight is 473 g/mol. The topological polar surface area (TPSA) is 61.6 Å². The number of aliphatic imine (C=N–C) groups is 1. The van der Waals surface area contributed by atoms with E-state index in [4.69, 9.17) is 0 Å². The first kappa shape index (κ1) is 19.9. The monoisotopic (exact) mass is 473 g/mol. The summed E-state index contributed by atoms with van der Waals surface area (Å²) in [6.45, 7) is 6.20. The summed E-state index contributed by atoms with van der Waals surface area (Å²) in [5.41, 5.74) is 0. The van der Waals surface area contributed by atoms with E-state index in [0.717, 1.165) is 48.7 Å². The highest BCUT2D eigenvalue weighted by atomic mass is 127. The summed E-state index contributed by atoms with van der Waals surface area (Å²) in [6, 6.07) is 1.70. The maximum Gasteiger partial charge on any atom is 0.194 e. The van der Waals surface area contributed by atoms with Gasteiger partial charge in [0.05, 0.1) is 6.54 Å². The van der Waals surface area contributed by atoms with Crippen LogP contribution < -0.4 is 5.32 Å². The largest absolute Gasteiger partial charge is 0.349 e. The number of aromatic nitrogens is 3. The molecule has 2 atom stereocenters. The number of rotatable bonds is 3. The van der Waals surface area contributed by atoms with Crippen molar-refractivity contribution in [2.45, 2.75) is 57.7 Å². The fraction of sp³-hybridized carbons (Fsp3) is 0.833. The Bertz CT molecular complexity index is 639.